The van der Waals surface area contributed by atoms with Crippen molar-refractivity contribution in [3.05, 3.63) is 0 Å². The summed E-state index contributed by atoms with van der Waals surface area (Å²) in [5.74, 6) is -0.407. The van der Waals surface area contributed by atoms with E-state index in [2.05, 4.69) is 4.74 Å². The highest BCUT2D eigenvalue weighted by Crippen LogP contribution is 1.93. The Labute approximate surface area is 77.9 Å². The Morgan fingerprint density at radius 1 is 1.31 bits per heavy atom. The summed E-state index contributed by atoms with van der Waals surface area (Å²) in [4.78, 5) is 10.8. The predicted octanol–water partition coefficient (Wildman–Crippen LogP) is 0.185. The van der Waals surface area contributed by atoms with Crippen LogP contribution in [0, 0.1) is 0 Å². The molecule has 1 atom stereocenters. The highest BCUT2D eigenvalue weighted by molar-refractivity contribution is 5.73. The van der Waals surface area contributed by atoms with Crippen LogP contribution in [-0.4, -0.2) is 46.3 Å². The third kappa shape index (κ3) is 6.51. The van der Waals surface area contributed by atoms with Gasteiger partial charge in [0.15, 0.2) is 6.10 Å². The van der Waals surface area contributed by atoms with Crippen molar-refractivity contribution < 1.29 is 23.7 Å². The molecule has 0 aromatic carbocycles. The van der Waals surface area contributed by atoms with E-state index in [4.69, 9.17) is 14.2 Å². The molecule has 0 aliphatic carbocycles. The maximum absolute atomic E-state index is 10.8. The first-order chi connectivity index (χ1) is 6.22. The van der Waals surface area contributed by atoms with Crippen LogP contribution in [0.25, 0.3) is 0 Å². The molecule has 0 aromatic rings. The molecule has 0 aliphatic heterocycles. The third-order valence-corrected chi connectivity index (χ3v) is 1.37. The number of esters is 1. The molecule has 0 saturated carbocycles. The molecule has 0 radical (unpaired) electrons. The highest BCUT2D eigenvalue weighted by atomic mass is 16.7. The summed E-state index contributed by atoms with van der Waals surface area (Å²) in [6.45, 7) is 2.63. The van der Waals surface area contributed by atoms with Crippen molar-refractivity contribution in [2.75, 3.05) is 34.2 Å². The van der Waals surface area contributed by atoms with Crippen LogP contribution in [0.15, 0.2) is 0 Å². The van der Waals surface area contributed by atoms with Gasteiger partial charge in [0.1, 0.15) is 6.79 Å². The Balaban J connectivity index is 3.26. The van der Waals surface area contributed by atoms with Gasteiger partial charge in [0.25, 0.3) is 0 Å². The summed E-state index contributed by atoms with van der Waals surface area (Å²) in [6, 6.07) is 0. The molecule has 0 saturated heterocycles. The van der Waals surface area contributed by atoms with Crippen LogP contribution >= 0.6 is 0 Å². The van der Waals surface area contributed by atoms with Gasteiger partial charge in [-0.1, -0.05) is 0 Å². The standard InChI is InChI=1S/C8H16O5/c1-7(8(9)11-3)13-6-12-5-4-10-2/h7H,4-6H2,1-3H3/t7-/m0/s1. The number of hydrogen-bond acceptors (Lipinski definition) is 5. The molecule has 0 aliphatic rings. The van der Waals surface area contributed by atoms with Gasteiger partial charge in [0.2, 0.25) is 0 Å². The Hall–Kier alpha value is -0.650. The summed E-state index contributed by atoms with van der Waals surface area (Å²) >= 11 is 0. The van der Waals surface area contributed by atoms with Crippen molar-refractivity contribution in [1.29, 1.82) is 0 Å². The Bertz CT molecular complexity index is 136. The lowest BCUT2D eigenvalue weighted by Crippen LogP contribution is -2.23. The summed E-state index contributed by atoms with van der Waals surface area (Å²) in [5.41, 5.74) is 0. The van der Waals surface area contributed by atoms with E-state index in [1.807, 2.05) is 0 Å². The molecule has 0 spiro atoms. The minimum atomic E-state index is -0.590. The van der Waals surface area contributed by atoms with Crippen LogP contribution < -0.4 is 0 Å². The minimum Gasteiger partial charge on any atom is -0.467 e. The monoisotopic (exact) mass is 192 g/mol. The molecular weight excluding hydrogens is 176 g/mol. The Morgan fingerprint density at radius 3 is 2.54 bits per heavy atom. The second-order valence-electron chi connectivity index (χ2n) is 2.35. The number of rotatable bonds is 7. The fourth-order valence-corrected chi connectivity index (χ4v) is 0.585. The SMILES string of the molecule is COCCOCO[C@@H](C)C(=O)OC. The molecule has 5 heteroatoms. The van der Waals surface area contributed by atoms with Gasteiger partial charge in [-0.25, -0.2) is 4.79 Å². The van der Waals surface area contributed by atoms with Gasteiger partial charge in [-0.2, -0.15) is 0 Å². The molecule has 0 fully saturated rings. The van der Waals surface area contributed by atoms with Gasteiger partial charge in [-0.15, -0.1) is 0 Å². The van der Waals surface area contributed by atoms with Gasteiger partial charge < -0.3 is 18.9 Å². The van der Waals surface area contributed by atoms with Gasteiger partial charge in [0.05, 0.1) is 20.3 Å². The van der Waals surface area contributed by atoms with E-state index in [1.54, 1.807) is 14.0 Å². The molecule has 0 unspecified atom stereocenters. The lowest BCUT2D eigenvalue weighted by atomic mass is 10.4. The third-order valence-electron chi connectivity index (χ3n) is 1.37. The fourth-order valence-electron chi connectivity index (χ4n) is 0.585. The Morgan fingerprint density at radius 2 is 2.00 bits per heavy atom. The molecule has 0 amide bonds. The number of ether oxygens (including phenoxy) is 4. The average Bonchev–Trinajstić information content (AvgIpc) is 2.16. The first-order valence-electron chi connectivity index (χ1n) is 3.98. The number of methoxy groups -OCH3 is 2. The van der Waals surface area contributed by atoms with E-state index >= 15 is 0 Å². The lowest BCUT2D eigenvalue weighted by Gasteiger charge is -2.10. The van der Waals surface area contributed by atoms with Crippen LogP contribution in [0.3, 0.4) is 0 Å². The van der Waals surface area contributed by atoms with Gasteiger partial charge in [0, 0.05) is 7.11 Å². The molecular formula is C8H16O5. The number of carbonyl (C=O) groups excluding carboxylic acids is 1. The van der Waals surface area contributed by atoms with Gasteiger partial charge in [-0.3, -0.25) is 0 Å². The molecule has 0 bridgehead atoms. The fraction of sp³-hybridized carbons (Fsp3) is 0.875. The zero-order valence-electron chi connectivity index (χ0n) is 8.24. The van der Waals surface area contributed by atoms with E-state index in [-0.39, 0.29) is 6.79 Å². The highest BCUT2D eigenvalue weighted by Gasteiger charge is 2.12. The normalized spacial score (nSPS) is 12.5. The average molecular weight is 192 g/mol. The van der Waals surface area contributed by atoms with E-state index < -0.39 is 12.1 Å². The van der Waals surface area contributed by atoms with Crippen molar-refractivity contribution in [2.24, 2.45) is 0 Å². The van der Waals surface area contributed by atoms with Crippen molar-refractivity contribution >= 4 is 5.97 Å². The van der Waals surface area contributed by atoms with Crippen LogP contribution in [-0.2, 0) is 23.7 Å². The molecule has 0 rings (SSSR count). The smallest absolute Gasteiger partial charge is 0.334 e. The summed E-state index contributed by atoms with van der Waals surface area (Å²) in [6.07, 6.45) is -0.590. The van der Waals surface area contributed by atoms with Crippen molar-refractivity contribution in [3.63, 3.8) is 0 Å². The topological polar surface area (TPSA) is 54.0 Å². The van der Waals surface area contributed by atoms with Crippen LogP contribution in [0.2, 0.25) is 0 Å². The molecule has 78 valence electrons. The maximum Gasteiger partial charge on any atom is 0.334 e. The van der Waals surface area contributed by atoms with Crippen molar-refractivity contribution in [2.45, 2.75) is 13.0 Å². The van der Waals surface area contributed by atoms with E-state index in [0.29, 0.717) is 13.2 Å². The van der Waals surface area contributed by atoms with E-state index in [1.165, 1.54) is 7.11 Å². The molecule has 5 nitrogen and oxygen atoms in total. The number of hydrogen-bond donors (Lipinski definition) is 0. The number of carbonyl (C=O) groups is 1. The quantitative estimate of drug-likeness (QED) is 0.327. The van der Waals surface area contributed by atoms with Gasteiger partial charge in [-0.05, 0) is 6.92 Å². The van der Waals surface area contributed by atoms with Crippen LogP contribution in [0.1, 0.15) is 6.92 Å². The lowest BCUT2D eigenvalue weighted by molar-refractivity contribution is -0.163. The van der Waals surface area contributed by atoms with Crippen molar-refractivity contribution in [1.82, 2.24) is 0 Å². The summed E-state index contributed by atoms with van der Waals surface area (Å²) in [5, 5.41) is 0. The van der Waals surface area contributed by atoms with Gasteiger partial charge >= 0.3 is 5.97 Å². The largest absolute Gasteiger partial charge is 0.467 e. The van der Waals surface area contributed by atoms with E-state index in [0.717, 1.165) is 0 Å². The summed E-state index contributed by atoms with van der Waals surface area (Å²) in [7, 11) is 2.90. The second-order valence-corrected chi connectivity index (χ2v) is 2.35. The zero-order valence-corrected chi connectivity index (χ0v) is 8.24. The molecule has 13 heavy (non-hydrogen) atoms. The molecule has 0 heterocycles. The van der Waals surface area contributed by atoms with Crippen LogP contribution in [0.5, 0.6) is 0 Å². The first-order valence-corrected chi connectivity index (χ1v) is 3.98. The zero-order chi connectivity index (χ0) is 10.1. The van der Waals surface area contributed by atoms with Crippen molar-refractivity contribution in [3.8, 4) is 0 Å². The minimum absolute atomic E-state index is 0.0691. The predicted molar refractivity (Wildman–Crippen MR) is 45.3 cm³/mol. The van der Waals surface area contributed by atoms with Crippen LogP contribution in [0.4, 0.5) is 0 Å². The molecule has 0 aromatic heterocycles. The summed E-state index contributed by atoms with van der Waals surface area (Å²) < 4.78 is 19.2. The first kappa shape index (κ1) is 12.3. The Kier molecular flexibility index (Phi) is 7.57. The maximum atomic E-state index is 10.8. The second kappa shape index (κ2) is 7.97. The molecule has 0 N–H and O–H groups in total. The van der Waals surface area contributed by atoms with E-state index in [9.17, 15) is 4.79 Å².